The minimum atomic E-state index is -1.17. The summed E-state index contributed by atoms with van der Waals surface area (Å²) in [5, 5.41) is 2.81. The number of aryl methyl sites for hydroxylation is 1. The van der Waals surface area contributed by atoms with Gasteiger partial charge in [0.05, 0.1) is 6.04 Å². The van der Waals surface area contributed by atoms with Crippen LogP contribution in [0.2, 0.25) is 0 Å². The minimum absolute atomic E-state index is 0.226. The number of carbonyl (C=O) groups is 4. The van der Waals surface area contributed by atoms with Crippen molar-refractivity contribution in [2.24, 2.45) is 11.5 Å². The van der Waals surface area contributed by atoms with Crippen LogP contribution in [0.5, 0.6) is 0 Å². The van der Waals surface area contributed by atoms with Crippen LogP contribution in [0.25, 0.3) is 0 Å². The second-order valence-corrected chi connectivity index (χ2v) is 9.83. The zero-order chi connectivity index (χ0) is 25.8. The lowest BCUT2D eigenvalue weighted by Crippen LogP contribution is -2.64. The average molecular weight is 486 g/mol. The Bertz CT molecular complexity index is 967. The van der Waals surface area contributed by atoms with E-state index in [2.05, 4.69) is 5.32 Å². The van der Waals surface area contributed by atoms with Crippen LogP contribution >= 0.6 is 0 Å². The molecular formula is C26H39N5O4. The molecule has 5 N–H and O–H groups in total. The fraction of sp³-hybridized carbons (Fsp3) is 0.615. The summed E-state index contributed by atoms with van der Waals surface area (Å²) in [6, 6.07) is 5.75. The molecule has 0 saturated carbocycles. The largest absolute Gasteiger partial charge is 0.368 e. The highest BCUT2D eigenvalue weighted by atomic mass is 16.2. The molecule has 4 amide bonds. The molecule has 0 aromatic heterocycles. The predicted molar refractivity (Wildman–Crippen MR) is 133 cm³/mol. The Morgan fingerprint density at radius 1 is 1.14 bits per heavy atom. The number of amides is 4. The van der Waals surface area contributed by atoms with E-state index in [0.717, 1.165) is 11.1 Å². The van der Waals surface area contributed by atoms with Gasteiger partial charge in [0.1, 0.15) is 17.6 Å². The number of nitrogens with two attached hydrogens (primary N) is 2. The van der Waals surface area contributed by atoms with Gasteiger partial charge in [0.2, 0.25) is 23.6 Å². The molecule has 0 spiro atoms. The highest BCUT2D eigenvalue weighted by Crippen LogP contribution is 2.36. The van der Waals surface area contributed by atoms with Crippen molar-refractivity contribution < 1.29 is 19.2 Å². The third kappa shape index (κ3) is 5.50. The Hall–Kier alpha value is -2.94. The molecule has 2 aliphatic heterocycles. The lowest BCUT2D eigenvalue weighted by Gasteiger charge is -2.40. The molecule has 1 aromatic carbocycles. The number of nitrogens with one attached hydrogen (secondary N) is 1. The SMILES string of the molecule is CCC(N)C(=O)N1CCCC1C(=O)N1CCCC1(Cc1cccc(C)c1)C(=O)NC(CC)C(N)=O. The van der Waals surface area contributed by atoms with Crippen molar-refractivity contribution in [3.8, 4) is 0 Å². The summed E-state index contributed by atoms with van der Waals surface area (Å²) < 4.78 is 0. The number of nitrogens with zero attached hydrogens (tertiary/aromatic N) is 2. The van der Waals surface area contributed by atoms with Crippen molar-refractivity contribution in [3.63, 3.8) is 0 Å². The molecule has 2 saturated heterocycles. The van der Waals surface area contributed by atoms with E-state index in [0.29, 0.717) is 58.0 Å². The number of likely N-dealkylation sites (tertiary alicyclic amines) is 2. The third-order valence-electron chi connectivity index (χ3n) is 7.39. The maximum Gasteiger partial charge on any atom is 0.246 e. The molecule has 35 heavy (non-hydrogen) atoms. The summed E-state index contributed by atoms with van der Waals surface area (Å²) >= 11 is 0. The van der Waals surface area contributed by atoms with Crippen LogP contribution in [-0.2, 0) is 25.6 Å². The number of rotatable bonds is 9. The molecule has 1 aromatic rings. The van der Waals surface area contributed by atoms with Gasteiger partial charge in [0.15, 0.2) is 0 Å². The number of carbonyl (C=O) groups excluding carboxylic acids is 4. The third-order valence-corrected chi connectivity index (χ3v) is 7.39. The summed E-state index contributed by atoms with van der Waals surface area (Å²) in [7, 11) is 0. The fourth-order valence-electron chi connectivity index (χ4n) is 5.38. The Kier molecular flexibility index (Phi) is 8.53. The highest BCUT2D eigenvalue weighted by molar-refractivity contribution is 5.97. The van der Waals surface area contributed by atoms with Gasteiger partial charge in [-0.1, -0.05) is 43.7 Å². The summed E-state index contributed by atoms with van der Waals surface area (Å²) in [5.41, 5.74) is 12.3. The van der Waals surface area contributed by atoms with E-state index >= 15 is 0 Å². The van der Waals surface area contributed by atoms with E-state index in [4.69, 9.17) is 11.5 Å². The monoisotopic (exact) mass is 485 g/mol. The molecule has 2 heterocycles. The first-order valence-electron chi connectivity index (χ1n) is 12.7. The van der Waals surface area contributed by atoms with Gasteiger partial charge >= 0.3 is 0 Å². The molecule has 0 aliphatic carbocycles. The quantitative estimate of drug-likeness (QED) is 0.479. The Balaban J connectivity index is 1.97. The van der Waals surface area contributed by atoms with Crippen LogP contribution in [0.4, 0.5) is 0 Å². The van der Waals surface area contributed by atoms with Crippen LogP contribution in [0, 0.1) is 6.92 Å². The van der Waals surface area contributed by atoms with E-state index in [1.807, 2.05) is 38.1 Å². The fourth-order valence-corrected chi connectivity index (χ4v) is 5.38. The first-order chi connectivity index (χ1) is 16.6. The van der Waals surface area contributed by atoms with Crippen LogP contribution in [0.1, 0.15) is 63.5 Å². The minimum Gasteiger partial charge on any atom is -0.368 e. The zero-order valence-electron chi connectivity index (χ0n) is 21.1. The zero-order valence-corrected chi connectivity index (χ0v) is 21.1. The molecular weight excluding hydrogens is 446 g/mol. The van der Waals surface area contributed by atoms with E-state index in [9.17, 15) is 19.2 Å². The molecule has 3 rings (SSSR count). The van der Waals surface area contributed by atoms with Crippen LogP contribution in [0.15, 0.2) is 24.3 Å². The summed E-state index contributed by atoms with van der Waals surface area (Å²) in [6.45, 7) is 6.49. The van der Waals surface area contributed by atoms with E-state index in [-0.39, 0.29) is 17.7 Å². The lowest BCUT2D eigenvalue weighted by atomic mass is 9.85. The van der Waals surface area contributed by atoms with E-state index in [1.54, 1.807) is 16.7 Å². The first kappa shape index (κ1) is 26.7. The van der Waals surface area contributed by atoms with Crippen molar-refractivity contribution >= 4 is 23.6 Å². The molecule has 9 nitrogen and oxygen atoms in total. The maximum atomic E-state index is 14.0. The number of benzene rings is 1. The predicted octanol–water partition coefficient (Wildman–Crippen LogP) is 1.01. The van der Waals surface area contributed by atoms with Crippen LogP contribution < -0.4 is 16.8 Å². The molecule has 4 atom stereocenters. The Labute approximate surface area is 207 Å². The topological polar surface area (TPSA) is 139 Å². The molecule has 9 heteroatoms. The van der Waals surface area contributed by atoms with Crippen molar-refractivity contribution in [1.82, 2.24) is 15.1 Å². The Morgan fingerprint density at radius 2 is 1.89 bits per heavy atom. The normalized spacial score (nSPS) is 23.7. The van der Waals surface area contributed by atoms with E-state index in [1.165, 1.54) is 0 Å². The van der Waals surface area contributed by atoms with Gasteiger partial charge in [-0.2, -0.15) is 0 Å². The van der Waals surface area contributed by atoms with Gasteiger partial charge in [0, 0.05) is 19.5 Å². The standard InChI is InChI=1S/C26H39N5O4/c1-4-19(27)23(33)30-13-7-11-21(30)24(34)31-14-8-12-26(31,16-18-10-6-9-17(3)15-18)25(35)29-20(5-2)22(28)32/h6,9-10,15,19-21H,4-5,7-8,11-14,16,27H2,1-3H3,(H2,28,32)(H,29,35). The summed E-state index contributed by atoms with van der Waals surface area (Å²) in [6.07, 6.45) is 3.52. The maximum absolute atomic E-state index is 14.0. The van der Waals surface area contributed by atoms with Gasteiger partial charge < -0.3 is 26.6 Å². The smallest absolute Gasteiger partial charge is 0.246 e. The molecule has 192 valence electrons. The molecule has 2 fully saturated rings. The first-order valence-corrected chi connectivity index (χ1v) is 12.7. The summed E-state index contributed by atoms with van der Waals surface area (Å²) in [5.74, 6) is -1.44. The van der Waals surface area contributed by atoms with Gasteiger partial charge in [-0.15, -0.1) is 0 Å². The van der Waals surface area contributed by atoms with Crippen molar-refractivity contribution in [3.05, 3.63) is 35.4 Å². The average Bonchev–Trinajstić information content (AvgIpc) is 3.49. The molecule has 0 bridgehead atoms. The van der Waals surface area contributed by atoms with Crippen LogP contribution in [0.3, 0.4) is 0 Å². The molecule has 2 aliphatic rings. The second-order valence-electron chi connectivity index (χ2n) is 9.83. The van der Waals surface area contributed by atoms with E-state index < -0.39 is 29.6 Å². The number of primary amides is 1. The van der Waals surface area contributed by atoms with Crippen molar-refractivity contribution in [2.45, 2.75) is 89.4 Å². The van der Waals surface area contributed by atoms with Gasteiger partial charge in [-0.3, -0.25) is 19.2 Å². The van der Waals surface area contributed by atoms with Gasteiger partial charge in [0.25, 0.3) is 0 Å². The van der Waals surface area contributed by atoms with Gasteiger partial charge in [-0.25, -0.2) is 0 Å². The molecule has 0 radical (unpaired) electrons. The van der Waals surface area contributed by atoms with Crippen molar-refractivity contribution in [1.29, 1.82) is 0 Å². The Morgan fingerprint density at radius 3 is 2.51 bits per heavy atom. The summed E-state index contributed by atoms with van der Waals surface area (Å²) in [4.78, 5) is 55.8. The van der Waals surface area contributed by atoms with Crippen molar-refractivity contribution in [2.75, 3.05) is 13.1 Å². The molecule has 4 unspecified atom stereocenters. The van der Waals surface area contributed by atoms with Crippen LogP contribution in [-0.4, -0.2) is 70.2 Å². The highest BCUT2D eigenvalue weighted by Gasteiger charge is 2.52. The lowest BCUT2D eigenvalue weighted by molar-refractivity contribution is -0.152. The number of hydrogen-bond acceptors (Lipinski definition) is 5. The van der Waals surface area contributed by atoms with Gasteiger partial charge in [-0.05, 0) is 51.0 Å². The second kappa shape index (κ2) is 11.2. The number of hydrogen-bond donors (Lipinski definition) is 3.